The average molecular weight is 497 g/mol. The Morgan fingerprint density at radius 1 is 1.00 bits per heavy atom. The minimum Gasteiger partial charge on any atom is -0.492 e. The molecule has 3 aromatic carbocycles. The molecular weight excluding hydrogens is 468 g/mol. The minimum atomic E-state index is -4.05. The fraction of sp³-hybridized carbons (Fsp3) is 0.269. The van der Waals surface area contributed by atoms with Crippen LogP contribution in [0.5, 0.6) is 17.2 Å². The number of carbonyl (C=O) groups excluding carboxylic acids is 1. The number of fused-ring (bicyclic) bond motifs is 1. The van der Waals surface area contributed by atoms with Gasteiger partial charge >= 0.3 is 0 Å². The second kappa shape index (κ2) is 10.7. The molecule has 1 aliphatic rings. The highest BCUT2D eigenvalue weighted by molar-refractivity contribution is 7.92. The first-order valence-corrected chi connectivity index (χ1v) is 12.8. The molecule has 4 rings (SSSR count). The van der Waals surface area contributed by atoms with Crippen molar-refractivity contribution in [3.8, 4) is 17.2 Å². The Bertz CT molecular complexity index is 1280. The maximum atomic E-state index is 13.6. The van der Waals surface area contributed by atoms with E-state index in [2.05, 4.69) is 5.32 Å². The summed E-state index contributed by atoms with van der Waals surface area (Å²) in [6, 6.07) is 19.9. The highest BCUT2D eigenvalue weighted by Crippen LogP contribution is 2.34. The van der Waals surface area contributed by atoms with Crippen LogP contribution in [0.2, 0.25) is 0 Å². The van der Waals surface area contributed by atoms with Gasteiger partial charge in [-0.3, -0.25) is 9.10 Å². The molecule has 0 bridgehead atoms. The first kappa shape index (κ1) is 24.4. The largest absolute Gasteiger partial charge is 0.492 e. The normalized spacial score (nSPS) is 13.5. The molecule has 0 saturated carbocycles. The van der Waals surface area contributed by atoms with Crippen molar-refractivity contribution in [3.05, 3.63) is 78.4 Å². The molecule has 1 atom stereocenters. The van der Waals surface area contributed by atoms with E-state index in [1.807, 2.05) is 26.0 Å². The highest BCUT2D eigenvalue weighted by Gasteiger charge is 2.30. The topological polar surface area (TPSA) is 94.2 Å². The van der Waals surface area contributed by atoms with Crippen molar-refractivity contribution in [2.45, 2.75) is 24.8 Å². The van der Waals surface area contributed by atoms with Gasteiger partial charge in [-0.1, -0.05) is 36.4 Å². The van der Waals surface area contributed by atoms with Crippen molar-refractivity contribution in [1.29, 1.82) is 0 Å². The third kappa shape index (κ3) is 5.51. The Morgan fingerprint density at radius 2 is 1.69 bits per heavy atom. The Morgan fingerprint density at radius 3 is 2.43 bits per heavy atom. The fourth-order valence-electron chi connectivity index (χ4n) is 3.79. The number of anilines is 1. The number of nitrogens with one attached hydrogen (secondary N) is 1. The molecule has 0 radical (unpaired) electrons. The van der Waals surface area contributed by atoms with E-state index < -0.39 is 22.5 Å². The van der Waals surface area contributed by atoms with Gasteiger partial charge in [0.05, 0.1) is 23.2 Å². The molecule has 8 nitrogen and oxygen atoms in total. The number of nitrogens with zero attached hydrogens (tertiary/aromatic N) is 1. The standard InChI is InChI=1S/C26H28N2O6S/c1-3-32-23-12-8-7-11-22(23)28(35(30,31)21-9-5-4-6-10-21)18-26(29)27-19(2)20-13-14-24-25(17-20)34-16-15-33-24/h4-14,17,19H,3,15-16,18H2,1-2H3,(H,27,29). The molecular formula is C26H28N2O6S. The molecule has 35 heavy (non-hydrogen) atoms. The van der Waals surface area contributed by atoms with Crippen LogP contribution >= 0.6 is 0 Å². The van der Waals surface area contributed by atoms with Gasteiger partial charge in [-0.2, -0.15) is 0 Å². The number of ether oxygens (including phenoxy) is 3. The number of hydrogen-bond donors (Lipinski definition) is 1. The molecule has 184 valence electrons. The first-order chi connectivity index (χ1) is 16.9. The van der Waals surface area contributed by atoms with Gasteiger partial charge in [0.1, 0.15) is 25.5 Å². The van der Waals surface area contributed by atoms with Crippen molar-refractivity contribution in [2.75, 3.05) is 30.7 Å². The van der Waals surface area contributed by atoms with Gasteiger partial charge in [0.2, 0.25) is 5.91 Å². The third-order valence-electron chi connectivity index (χ3n) is 5.50. The molecule has 0 aliphatic carbocycles. The van der Waals surface area contributed by atoms with Gasteiger partial charge in [-0.05, 0) is 55.8 Å². The summed E-state index contributed by atoms with van der Waals surface area (Å²) in [6.07, 6.45) is 0. The maximum Gasteiger partial charge on any atom is 0.264 e. The summed E-state index contributed by atoms with van der Waals surface area (Å²) in [5, 5.41) is 2.90. The summed E-state index contributed by atoms with van der Waals surface area (Å²) in [5.41, 5.74) is 1.11. The lowest BCUT2D eigenvalue weighted by molar-refractivity contribution is -0.120. The summed E-state index contributed by atoms with van der Waals surface area (Å²) in [4.78, 5) is 13.2. The molecule has 1 heterocycles. The van der Waals surface area contributed by atoms with Crippen LogP contribution < -0.4 is 23.8 Å². The van der Waals surface area contributed by atoms with E-state index >= 15 is 0 Å². The number of carbonyl (C=O) groups is 1. The molecule has 1 unspecified atom stereocenters. The Labute approximate surface area is 205 Å². The highest BCUT2D eigenvalue weighted by atomic mass is 32.2. The third-order valence-corrected chi connectivity index (χ3v) is 7.27. The molecule has 1 amide bonds. The zero-order chi connectivity index (χ0) is 24.8. The van der Waals surface area contributed by atoms with Crippen molar-refractivity contribution in [3.63, 3.8) is 0 Å². The second-order valence-electron chi connectivity index (χ2n) is 7.92. The SMILES string of the molecule is CCOc1ccccc1N(CC(=O)NC(C)c1ccc2c(c1)OCCO2)S(=O)(=O)c1ccccc1. The number of amides is 1. The smallest absolute Gasteiger partial charge is 0.264 e. The Hall–Kier alpha value is -3.72. The second-order valence-corrected chi connectivity index (χ2v) is 9.78. The number of hydrogen-bond acceptors (Lipinski definition) is 6. The predicted molar refractivity (Wildman–Crippen MR) is 133 cm³/mol. The number of para-hydroxylation sites is 2. The van der Waals surface area contributed by atoms with Gasteiger partial charge in [0, 0.05) is 0 Å². The molecule has 0 fully saturated rings. The van der Waals surface area contributed by atoms with Crippen molar-refractivity contribution >= 4 is 21.6 Å². The van der Waals surface area contributed by atoms with E-state index in [1.54, 1.807) is 48.5 Å². The molecule has 3 aromatic rings. The molecule has 1 N–H and O–H groups in total. The van der Waals surface area contributed by atoms with Crippen LogP contribution in [0.1, 0.15) is 25.5 Å². The molecule has 1 aliphatic heterocycles. The van der Waals surface area contributed by atoms with Crippen LogP contribution in [0.15, 0.2) is 77.7 Å². The number of benzene rings is 3. The zero-order valence-electron chi connectivity index (χ0n) is 19.6. The molecule has 9 heteroatoms. The van der Waals surface area contributed by atoms with Crippen LogP contribution in [0.3, 0.4) is 0 Å². The number of sulfonamides is 1. The van der Waals surface area contributed by atoms with Crippen LogP contribution in [0.25, 0.3) is 0 Å². The van der Waals surface area contributed by atoms with E-state index in [-0.39, 0.29) is 10.9 Å². The first-order valence-electron chi connectivity index (χ1n) is 11.4. The predicted octanol–water partition coefficient (Wildman–Crippen LogP) is 3.93. The van der Waals surface area contributed by atoms with Crippen LogP contribution in [0.4, 0.5) is 5.69 Å². The van der Waals surface area contributed by atoms with E-state index in [0.29, 0.717) is 42.8 Å². The minimum absolute atomic E-state index is 0.0824. The van der Waals surface area contributed by atoms with E-state index in [4.69, 9.17) is 14.2 Å². The molecule has 0 aromatic heterocycles. The summed E-state index contributed by atoms with van der Waals surface area (Å²) in [7, 11) is -4.05. The van der Waals surface area contributed by atoms with Gasteiger partial charge in [0.15, 0.2) is 11.5 Å². The van der Waals surface area contributed by atoms with Crippen molar-refractivity contribution < 1.29 is 27.4 Å². The zero-order valence-corrected chi connectivity index (χ0v) is 20.5. The summed E-state index contributed by atoms with van der Waals surface area (Å²) >= 11 is 0. The van der Waals surface area contributed by atoms with E-state index in [0.717, 1.165) is 9.87 Å². The lowest BCUT2D eigenvalue weighted by Crippen LogP contribution is -2.41. The van der Waals surface area contributed by atoms with Gasteiger partial charge in [-0.15, -0.1) is 0 Å². The number of rotatable bonds is 9. The van der Waals surface area contributed by atoms with Crippen molar-refractivity contribution in [1.82, 2.24) is 5.32 Å². The summed E-state index contributed by atoms with van der Waals surface area (Å²) < 4.78 is 45.1. The maximum absolute atomic E-state index is 13.6. The quantitative estimate of drug-likeness (QED) is 0.483. The van der Waals surface area contributed by atoms with Crippen LogP contribution in [0, 0.1) is 0 Å². The monoisotopic (exact) mass is 496 g/mol. The van der Waals surface area contributed by atoms with Gasteiger partial charge < -0.3 is 19.5 Å². The lowest BCUT2D eigenvalue weighted by Gasteiger charge is -2.27. The van der Waals surface area contributed by atoms with E-state index in [1.165, 1.54) is 12.1 Å². The van der Waals surface area contributed by atoms with Gasteiger partial charge in [0.25, 0.3) is 10.0 Å². The molecule has 0 spiro atoms. The Kier molecular flexibility index (Phi) is 7.45. The molecule has 0 saturated heterocycles. The van der Waals surface area contributed by atoms with Crippen molar-refractivity contribution in [2.24, 2.45) is 0 Å². The van der Waals surface area contributed by atoms with E-state index in [9.17, 15) is 13.2 Å². The summed E-state index contributed by atoms with van der Waals surface area (Å²) in [5.74, 6) is 1.19. The van der Waals surface area contributed by atoms with Crippen LogP contribution in [-0.2, 0) is 14.8 Å². The van der Waals surface area contributed by atoms with Crippen LogP contribution in [-0.4, -0.2) is 40.7 Å². The Balaban J connectivity index is 1.60. The average Bonchev–Trinajstić information content (AvgIpc) is 2.88. The fourth-order valence-corrected chi connectivity index (χ4v) is 5.24. The lowest BCUT2D eigenvalue weighted by atomic mass is 10.1. The van der Waals surface area contributed by atoms with Gasteiger partial charge in [-0.25, -0.2) is 8.42 Å². The summed E-state index contributed by atoms with van der Waals surface area (Å²) in [6.45, 7) is 4.53.